The van der Waals surface area contributed by atoms with Crippen LogP contribution in [0.5, 0.6) is 0 Å². The molecule has 0 spiro atoms. The van der Waals surface area contributed by atoms with E-state index >= 15 is 0 Å². The van der Waals surface area contributed by atoms with Crippen LogP contribution >= 0.6 is 0 Å². The second kappa shape index (κ2) is 7.44. The Morgan fingerprint density at radius 1 is 1.12 bits per heavy atom. The van der Waals surface area contributed by atoms with Crippen molar-refractivity contribution >= 4 is 17.9 Å². The lowest BCUT2D eigenvalue weighted by molar-refractivity contribution is -0.257. The molecule has 0 radical (unpaired) electrons. The zero-order valence-electron chi connectivity index (χ0n) is 9.44. The Bertz CT molecular complexity index is 304. The van der Waals surface area contributed by atoms with Crippen LogP contribution in [-0.2, 0) is 28.9 Å². The molecule has 0 N–H and O–H groups in total. The highest BCUT2D eigenvalue weighted by Crippen LogP contribution is 1.99. The van der Waals surface area contributed by atoms with E-state index in [0.717, 1.165) is 6.92 Å². The van der Waals surface area contributed by atoms with E-state index in [9.17, 15) is 14.4 Å². The van der Waals surface area contributed by atoms with Crippen LogP contribution < -0.4 is 0 Å². The third-order valence-corrected chi connectivity index (χ3v) is 1.44. The van der Waals surface area contributed by atoms with Gasteiger partial charge < -0.3 is 4.74 Å². The maximum atomic E-state index is 11.1. The van der Waals surface area contributed by atoms with Crippen molar-refractivity contribution in [2.75, 3.05) is 6.61 Å². The van der Waals surface area contributed by atoms with Gasteiger partial charge in [-0.05, 0) is 13.3 Å². The van der Waals surface area contributed by atoms with Gasteiger partial charge in [0.05, 0.1) is 0 Å². The summed E-state index contributed by atoms with van der Waals surface area (Å²) in [5.41, 5.74) is 0.336. The van der Waals surface area contributed by atoms with Crippen molar-refractivity contribution in [3.05, 3.63) is 11.6 Å². The lowest BCUT2D eigenvalue weighted by atomic mass is 10.2. The van der Waals surface area contributed by atoms with Crippen molar-refractivity contribution in [1.82, 2.24) is 0 Å². The third-order valence-electron chi connectivity index (χ3n) is 1.44. The highest BCUT2D eigenvalue weighted by Gasteiger charge is 2.12. The molecule has 0 rings (SSSR count). The molecule has 0 amide bonds. The van der Waals surface area contributed by atoms with Crippen LogP contribution in [0.3, 0.4) is 0 Å². The maximum Gasteiger partial charge on any atom is 0.392 e. The van der Waals surface area contributed by atoms with Gasteiger partial charge in [0.15, 0.2) is 6.61 Å². The minimum absolute atomic E-state index is 0.336. The molecule has 0 aliphatic carbocycles. The molecule has 16 heavy (non-hydrogen) atoms. The van der Waals surface area contributed by atoms with Crippen LogP contribution in [0.4, 0.5) is 0 Å². The predicted octanol–water partition coefficient (Wildman–Crippen LogP) is 0.907. The number of allylic oxidation sites excluding steroid dienone is 1. The Kier molecular flexibility index (Phi) is 6.58. The van der Waals surface area contributed by atoms with E-state index in [0.29, 0.717) is 12.0 Å². The summed E-state index contributed by atoms with van der Waals surface area (Å²) in [7, 11) is 0. The summed E-state index contributed by atoms with van der Waals surface area (Å²) in [5, 5.41) is 0. The molecule has 0 aliphatic rings. The molecule has 0 bridgehead atoms. The average Bonchev–Trinajstić information content (AvgIpc) is 2.23. The van der Waals surface area contributed by atoms with Gasteiger partial charge in [0, 0.05) is 12.5 Å². The van der Waals surface area contributed by atoms with E-state index in [1.165, 1.54) is 6.92 Å². The Labute approximate surface area is 93.1 Å². The van der Waals surface area contributed by atoms with E-state index in [1.54, 1.807) is 6.08 Å². The monoisotopic (exact) mass is 230 g/mol. The highest BCUT2D eigenvalue weighted by molar-refractivity contribution is 5.87. The quantitative estimate of drug-likeness (QED) is 0.309. The first kappa shape index (κ1) is 14.2. The molecule has 0 aromatic rings. The van der Waals surface area contributed by atoms with E-state index in [4.69, 9.17) is 0 Å². The molecular weight excluding hydrogens is 216 g/mol. The number of hydrogen-bond acceptors (Lipinski definition) is 6. The minimum atomic E-state index is -0.951. The molecule has 6 heteroatoms. The summed E-state index contributed by atoms with van der Waals surface area (Å²) in [6.07, 6.45) is 2.30. The fraction of sp³-hybridized carbons (Fsp3) is 0.500. The summed E-state index contributed by atoms with van der Waals surface area (Å²) in [5.74, 6) is -2.32. The standard InChI is InChI=1S/C10H14O6/c1-4-5-7(2)10(13)16-15-9(12)6-14-8(3)11/h5H,4,6H2,1-3H3/b7-5+. The van der Waals surface area contributed by atoms with Crippen LogP contribution in [0, 0.1) is 0 Å². The number of rotatable bonds is 4. The minimum Gasteiger partial charge on any atom is -0.454 e. The SMILES string of the molecule is CC/C=C(\C)C(=O)OOC(=O)COC(C)=O. The smallest absolute Gasteiger partial charge is 0.392 e. The number of ether oxygens (including phenoxy) is 1. The lowest BCUT2D eigenvalue weighted by Crippen LogP contribution is -2.17. The molecule has 6 nitrogen and oxygen atoms in total. The Morgan fingerprint density at radius 3 is 2.25 bits per heavy atom. The molecule has 0 atom stereocenters. The first-order valence-electron chi connectivity index (χ1n) is 4.69. The van der Waals surface area contributed by atoms with Gasteiger partial charge >= 0.3 is 17.9 Å². The summed E-state index contributed by atoms with van der Waals surface area (Å²) >= 11 is 0. The number of carbonyl (C=O) groups excluding carboxylic acids is 3. The van der Waals surface area contributed by atoms with Gasteiger partial charge in [0.25, 0.3) is 0 Å². The number of hydrogen-bond donors (Lipinski definition) is 0. The third kappa shape index (κ3) is 6.58. The molecule has 0 heterocycles. The van der Waals surface area contributed by atoms with Crippen LogP contribution in [-0.4, -0.2) is 24.5 Å². The first-order chi connectivity index (χ1) is 7.47. The molecule has 0 aromatic carbocycles. The molecule has 0 saturated heterocycles. The van der Waals surface area contributed by atoms with Gasteiger partial charge in [-0.25, -0.2) is 19.4 Å². The van der Waals surface area contributed by atoms with E-state index < -0.39 is 24.5 Å². The molecule has 0 aromatic heterocycles. The van der Waals surface area contributed by atoms with Gasteiger partial charge in [-0.2, -0.15) is 0 Å². The summed E-state index contributed by atoms with van der Waals surface area (Å²) in [4.78, 5) is 40.6. The van der Waals surface area contributed by atoms with Crippen molar-refractivity contribution < 1.29 is 28.9 Å². The van der Waals surface area contributed by atoms with Crippen molar-refractivity contribution in [1.29, 1.82) is 0 Å². The molecule has 90 valence electrons. The van der Waals surface area contributed by atoms with Gasteiger partial charge in [0.2, 0.25) is 0 Å². The highest BCUT2D eigenvalue weighted by atomic mass is 17.2. The maximum absolute atomic E-state index is 11.1. The van der Waals surface area contributed by atoms with Crippen LogP contribution in [0.15, 0.2) is 11.6 Å². The van der Waals surface area contributed by atoms with Crippen molar-refractivity contribution in [2.45, 2.75) is 27.2 Å². The molecule has 0 unspecified atom stereocenters. The number of esters is 1. The summed E-state index contributed by atoms with van der Waals surface area (Å²) in [6, 6.07) is 0. The Hall–Kier alpha value is -1.85. The summed E-state index contributed by atoms with van der Waals surface area (Å²) < 4.78 is 4.32. The largest absolute Gasteiger partial charge is 0.454 e. The molecule has 0 aliphatic heterocycles. The number of carbonyl (C=O) groups is 3. The first-order valence-corrected chi connectivity index (χ1v) is 4.69. The topological polar surface area (TPSA) is 78.9 Å². The molecular formula is C10H14O6. The second-order valence-electron chi connectivity index (χ2n) is 2.90. The predicted molar refractivity (Wildman–Crippen MR) is 52.9 cm³/mol. The Morgan fingerprint density at radius 2 is 1.75 bits per heavy atom. The van der Waals surface area contributed by atoms with Crippen molar-refractivity contribution in [2.24, 2.45) is 0 Å². The molecule has 0 saturated carbocycles. The van der Waals surface area contributed by atoms with E-state index in [1.807, 2.05) is 6.92 Å². The fourth-order valence-corrected chi connectivity index (χ4v) is 0.724. The van der Waals surface area contributed by atoms with Crippen molar-refractivity contribution in [3.63, 3.8) is 0 Å². The van der Waals surface area contributed by atoms with Gasteiger partial charge in [0.1, 0.15) is 0 Å². The van der Waals surface area contributed by atoms with Crippen LogP contribution in [0.2, 0.25) is 0 Å². The zero-order chi connectivity index (χ0) is 12.6. The fourth-order valence-electron chi connectivity index (χ4n) is 0.724. The van der Waals surface area contributed by atoms with Crippen molar-refractivity contribution in [3.8, 4) is 0 Å². The van der Waals surface area contributed by atoms with Gasteiger partial charge in [-0.1, -0.05) is 13.0 Å². The normalized spacial score (nSPS) is 10.6. The van der Waals surface area contributed by atoms with Crippen LogP contribution in [0.1, 0.15) is 27.2 Å². The van der Waals surface area contributed by atoms with Crippen LogP contribution in [0.25, 0.3) is 0 Å². The van der Waals surface area contributed by atoms with E-state index in [2.05, 4.69) is 14.5 Å². The lowest BCUT2D eigenvalue weighted by Gasteiger charge is -2.03. The zero-order valence-corrected chi connectivity index (χ0v) is 9.44. The molecule has 0 fully saturated rings. The summed E-state index contributed by atoms with van der Waals surface area (Å²) in [6.45, 7) is 3.95. The second-order valence-corrected chi connectivity index (χ2v) is 2.90. The van der Waals surface area contributed by atoms with Gasteiger partial charge in [-0.15, -0.1) is 0 Å². The van der Waals surface area contributed by atoms with E-state index in [-0.39, 0.29) is 0 Å². The van der Waals surface area contributed by atoms with Gasteiger partial charge in [-0.3, -0.25) is 4.79 Å². The average molecular weight is 230 g/mol. The Balaban J connectivity index is 3.88.